The van der Waals surface area contributed by atoms with Crippen LogP contribution in [0, 0.1) is 12.7 Å². The van der Waals surface area contributed by atoms with Gasteiger partial charge < -0.3 is 14.4 Å². The number of imidazole rings is 1. The van der Waals surface area contributed by atoms with E-state index in [2.05, 4.69) is 4.98 Å². The normalized spacial score (nSPS) is 17.8. The summed E-state index contributed by atoms with van der Waals surface area (Å²) in [6, 6.07) is 4.63. The van der Waals surface area contributed by atoms with Gasteiger partial charge in [0.2, 0.25) is 0 Å². The lowest BCUT2D eigenvalue weighted by molar-refractivity contribution is 0.00706. The van der Waals surface area contributed by atoms with Gasteiger partial charge in [-0.15, -0.1) is 0 Å². The smallest absolute Gasteiger partial charge is 0.410 e. The van der Waals surface area contributed by atoms with Crippen molar-refractivity contribution in [3.63, 3.8) is 0 Å². The minimum absolute atomic E-state index is 0.185. The first-order chi connectivity index (χ1) is 13.7. The lowest BCUT2D eigenvalue weighted by Gasteiger charge is -2.33. The highest BCUT2D eigenvalue weighted by atomic mass is 32.1. The van der Waals surface area contributed by atoms with Gasteiger partial charge in [-0.3, -0.25) is 4.57 Å². The molecule has 1 aromatic carbocycles. The average Bonchev–Trinajstić information content (AvgIpc) is 3.32. The molecular formula is C21H26FN3O3S. The highest BCUT2D eigenvalue weighted by Gasteiger charge is 2.39. The van der Waals surface area contributed by atoms with Crippen molar-refractivity contribution in [1.82, 2.24) is 14.5 Å². The summed E-state index contributed by atoms with van der Waals surface area (Å²) in [7, 11) is 0. The van der Waals surface area contributed by atoms with Crippen LogP contribution in [-0.4, -0.2) is 43.9 Å². The predicted octanol–water partition coefficient (Wildman–Crippen LogP) is 4.62. The van der Waals surface area contributed by atoms with E-state index in [0.717, 1.165) is 6.42 Å². The molecule has 6 nitrogen and oxygen atoms in total. The number of amides is 1. The van der Waals surface area contributed by atoms with Crippen LogP contribution in [-0.2, 0) is 9.47 Å². The van der Waals surface area contributed by atoms with Gasteiger partial charge in [-0.1, -0.05) is 12.1 Å². The summed E-state index contributed by atoms with van der Waals surface area (Å²) in [4.78, 5) is 18.4. The Hall–Kier alpha value is -2.48. The number of benzene rings is 1. The number of carbonyl (C=O) groups excluding carboxylic acids is 1. The highest BCUT2D eigenvalue weighted by Crippen LogP contribution is 2.34. The maximum atomic E-state index is 14.3. The number of likely N-dealkylation sites (tertiary alicyclic amines) is 1. The van der Waals surface area contributed by atoms with E-state index >= 15 is 0 Å². The number of thiocarbonyl (C=S) groups is 1. The van der Waals surface area contributed by atoms with Crippen LogP contribution < -0.4 is 0 Å². The molecule has 0 aliphatic carbocycles. The third kappa shape index (κ3) is 5.12. The maximum absolute atomic E-state index is 14.3. The number of hydrogen-bond donors (Lipinski definition) is 0. The van der Waals surface area contributed by atoms with Crippen molar-refractivity contribution >= 4 is 23.5 Å². The Labute approximate surface area is 175 Å². The number of halogens is 1. The SMILES string of the molecule is Cc1ccc(C(OC(=S)n2ccnc2)[C@@H]2CCCN2C(=O)OC(C)(C)C)cc1F. The zero-order valence-electron chi connectivity index (χ0n) is 17.1. The fraction of sp³-hybridized carbons (Fsp3) is 0.476. The zero-order valence-corrected chi connectivity index (χ0v) is 17.9. The molecule has 1 aliphatic rings. The third-order valence-electron chi connectivity index (χ3n) is 4.74. The Balaban J connectivity index is 1.91. The van der Waals surface area contributed by atoms with Gasteiger partial charge in [-0.05, 0) is 69.9 Å². The molecule has 8 heteroatoms. The quantitative estimate of drug-likeness (QED) is 0.680. The second-order valence-electron chi connectivity index (χ2n) is 8.17. The largest absolute Gasteiger partial charge is 0.460 e. The van der Waals surface area contributed by atoms with E-state index in [1.807, 2.05) is 26.8 Å². The Morgan fingerprint density at radius 3 is 2.76 bits per heavy atom. The van der Waals surface area contributed by atoms with E-state index in [-0.39, 0.29) is 17.0 Å². The molecule has 0 bridgehead atoms. The number of ether oxygens (including phenoxy) is 2. The average molecular weight is 420 g/mol. The topological polar surface area (TPSA) is 56.6 Å². The van der Waals surface area contributed by atoms with E-state index in [1.165, 1.54) is 12.4 Å². The Morgan fingerprint density at radius 1 is 1.38 bits per heavy atom. The Bertz CT molecular complexity index is 880. The van der Waals surface area contributed by atoms with Crippen molar-refractivity contribution in [2.75, 3.05) is 6.54 Å². The number of carbonyl (C=O) groups is 1. The summed E-state index contributed by atoms with van der Waals surface area (Å²) in [6.45, 7) is 7.73. The van der Waals surface area contributed by atoms with Crippen LogP contribution in [0.1, 0.15) is 50.8 Å². The van der Waals surface area contributed by atoms with Crippen molar-refractivity contribution < 1.29 is 18.7 Å². The van der Waals surface area contributed by atoms with Crippen molar-refractivity contribution in [3.8, 4) is 0 Å². The van der Waals surface area contributed by atoms with Crippen molar-refractivity contribution in [1.29, 1.82) is 0 Å². The molecule has 1 aliphatic heterocycles. The van der Waals surface area contributed by atoms with Crippen molar-refractivity contribution in [3.05, 3.63) is 53.9 Å². The molecule has 0 radical (unpaired) electrons. The number of hydrogen-bond acceptors (Lipinski definition) is 5. The van der Waals surface area contributed by atoms with E-state index < -0.39 is 17.8 Å². The first-order valence-electron chi connectivity index (χ1n) is 9.60. The summed E-state index contributed by atoms with van der Waals surface area (Å²) in [5, 5.41) is 0.185. The minimum atomic E-state index is -0.630. The van der Waals surface area contributed by atoms with Crippen LogP contribution >= 0.6 is 12.2 Å². The van der Waals surface area contributed by atoms with Crippen LogP contribution in [0.25, 0.3) is 0 Å². The van der Waals surface area contributed by atoms with Gasteiger partial charge in [-0.25, -0.2) is 14.2 Å². The predicted molar refractivity (Wildman–Crippen MR) is 111 cm³/mol. The number of aromatic nitrogens is 2. The second-order valence-corrected chi connectivity index (χ2v) is 8.52. The monoisotopic (exact) mass is 419 g/mol. The molecule has 0 saturated carbocycles. The van der Waals surface area contributed by atoms with E-state index in [9.17, 15) is 9.18 Å². The summed E-state index contributed by atoms with van der Waals surface area (Å²) >= 11 is 5.41. The third-order valence-corrected chi connectivity index (χ3v) is 5.05. The molecular weight excluding hydrogens is 393 g/mol. The molecule has 0 spiro atoms. The van der Waals surface area contributed by atoms with E-state index in [1.54, 1.807) is 34.9 Å². The fourth-order valence-corrected chi connectivity index (χ4v) is 3.56. The van der Waals surface area contributed by atoms with Crippen LogP contribution in [0.3, 0.4) is 0 Å². The van der Waals surface area contributed by atoms with Crippen LogP contribution in [0.4, 0.5) is 9.18 Å². The van der Waals surface area contributed by atoms with E-state index in [0.29, 0.717) is 24.1 Å². The number of aryl methyl sites for hydroxylation is 1. The lowest BCUT2D eigenvalue weighted by atomic mass is 9.99. The molecule has 1 unspecified atom stereocenters. The summed E-state index contributed by atoms with van der Waals surface area (Å²) < 4.78 is 27.6. The van der Waals surface area contributed by atoms with E-state index in [4.69, 9.17) is 21.7 Å². The first kappa shape index (κ1) is 21.2. The summed E-state index contributed by atoms with van der Waals surface area (Å²) in [6.07, 6.45) is 5.27. The fourth-order valence-electron chi connectivity index (χ4n) is 3.35. The zero-order chi connectivity index (χ0) is 21.2. The lowest BCUT2D eigenvalue weighted by Crippen LogP contribution is -2.43. The van der Waals surface area contributed by atoms with Gasteiger partial charge in [0.15, 0.2) is 0 Å². The van der Waals surface area contributed by atoms with Gasteiger partial charge in [0.1, 0.15) is 23.8 Å². The van der Waals surface area contributed by atoms with Crippen LogP contribution in [0.5, 0.6) is 0 Å². The molecule has 2 atom stereocenters. The number of rotatable bonds is 3. The summed E-state index contributed by atoms with van der Waals surface area (Å²) in [5.74, 6) is -0.327. The molecule has 1 aromatic heterocycles. The Morgan fingerprint density at radius 2 is 2.14 bits per heavy atom. The standard InChI is InChI=1S/C21H26FN3O3S/c1-14-7-8-15(12-16(14)22)18(27-20(29)24-11-9-23-13-24)17-6-5-10-25(17)19(26)28-21(2,3)4/h7-9,11-13,17-18H,5-6,10H2,1-4H3/t17-,18?/m0/s1. The van der Waals surface area contributed by atoms with Crippen LogP contribution in [0.2, 0.25) is 0 Å². The summed E-state index contributed by atoms with van der Waals surface area (Å²) in [5.41, 5.74) is 0.555. The molecule has 1 saturated heterocycles. The molecule has 1 fully saturated rings. The molecule has 1 amide bonds. The molecule has 0 N–H and O–H groups in total. The first-order valence-corrected chi connectivity index (χ1v) is 10.0. The maximum Gasteiger partial charge on any atom is 0.410 e. The van der Waals surface area contributed by atoms with Gasteiger partial charge in [0, 0.05) is 18.9 Å². The number of nitrogens with zero attached hydrogens (tertiary/aromatic N) is 3. The molecule has 2 heterocycles. The van der Waals surface area contributed by atoms with Crippen molar-refractivity contribution in [2.45, 2.75) is 58.3 Å². The molecule has 3 rings (SSSR count). The second kappa shape index (κ2) is 8.49. The van der Waals surface area contributed by atoms with Gasteiger partial charge in [0.05, 0.1) is 6.04 Å². The highest BCUT2D eigenvalue weighted by molar-refractivity contribution is 7.80. The molecule has 156 valence electrons. The molecule has 2 aromatic rings. The minimum Gasteiger partial charge on any atom is -0.460 e. The van der Waals surface area contributed by atoms with Gasteiger partial charge in [0.25, 0.3) is 5.17 Å². The Kier molecular flexibility index (Phi) is 6.21. The molecule has 29 heavy (non-hydrogen) atoms. The van der Waals surface area contributed by atoms with Crippen molar-refractivity contribution in [2.24, 2.45) is 0 Å². The van der Waals surface area contributed by atoms with Crippen LogP contribution in [0.15, 0.2) is 36.9 Å². The van der Waals surface area contributed by atoms with Gasteiger partial charge >= 0.3 is 6.09 Å². The van der Waals surface area contributed by atoms with Gasteiger partial charge in [-0.2, -0.15) is 0 Å².